The summed E-state index contributed by atoms with van der Waals surface area (Å²) in [6, 6.07) is 30.6. The number of benzene rings is 4. The molecule has 0 saturated heterocycles. The van der Waals surface area contributed by atoms with Crippen LogP contribution >= 0.6 is 7.82 Å². The Labute approximate surface area is 298 Å². The largest absolute Gasteiger partial charge is 0.790 e. The van der Waals surface area contributed by atoms with Crippen molar-refractivity contribution in [1.82, 2.24) is 0 Å². The van der Waals surface area contributed by atoms with Crippen LogP contribution in [0.15, 0.2) is 97.1 Å². The first-order valence-corrected chi connectivity index (χ1v) is 17.8. The fraction of sp³-hybridized carbons (Fsp3) is 0.316. The van der Waals surface area contributed by atoms with Gasteiger partial charge in [0.2, 0.25) is 0 Å². The van der Waals surface area contributed by atoms with Crippen molar-refractivity contribution in [2.45, 2.75) is 11.8 Å². The minimum atomic E-state index is -5.14. The highest BCUT2D eigenvalue weighted by Crippen LogP contribution is 2.45. The first-order valence-electron chi connectivity index (χ1n) is 16.3. The van der Waals surface area contributed by atoms with E-state index in [1.807, 2.05) is 97.1 Å². The van der Waals surface area contributed by atoms with E-state index < -0.39 is 19.7 Å². The van der Waals surface area contributed by atoms with Crippen LogP contribution in [-0.2, 0) is 23.6 Å². The molecule has 0 spiro atoms. The number of quaternary nitrogens is 2. The van der Waals surface area contributed by atoms with Crippen molar-refractivity contribution in [2.75, 3.05) is 68.6 Å². The summed E-state index contributed by atoms with van der Waals surface area (Å²) >= 11 is 0. The van der Waals surface area contributed by atoms with E-state index >= 15 is 0 Å². The number of para-hydroxylation sites is 4. The Hall–Kier alpha value is -4.55. The Morgan fingerprint density at radius 3 is 1.06 bits per heavy atom. The Morgan fingerprint density at radius 1 is 0.588 bits per heavy atom. The van der Waals surface area contributed by atoms with Crippen molar-refractivity contribution in [3.63, 3.8) is 0 Å². The molecule has 2 aliphatic rings. The molecule has 2 heterocycles. The molecule has 0 fully saturated rings. The maximum atomic E-state index is 12.7. The van der Waals surface area contributed by atoms with Crippen molar-refractivity contribution < 1.29 is 56.7 Å². The van der Waals surface area contributed by atoms with E-state index in [4.69, 9.17) is 38.2 Å². The summed E-state index contributed by atoms with van der Waals surface area (Å²) in [5.41, 5.74) is 3.45. The van der Waals surface area contributed by atoms with Gasteiger partial charge in [0.05, 0.1) is 50.1 Å². The first kappa shape index (κ1) is 39.2. The molecular formula is C38H45N2O10P. The Balaban J connectivity index is 0.000000202. The number of fused-ring (bicyclic) bond motifs is 4. The highest BCUT2D eigenvalue weighted by Gasteiger charge is 2.35. The molecule has 4 aromatic carbocycles. The summed E-state index contributed by atoms with van der Waals surface area (Å²) in [6.07, 6.45) is 0. The number of carbonyl (C=O) groups is 2. The molecule has 0 unspecified atom stereocenters. The number of ether oxygens (including phenoxy) is 4. The van der Waals surface area contributed by atoms with E-state index in [-0.39, 0.29) is 11.9 Å². The molecule has 12 nitrogen and oxygen atoms in total. The summed E-state index contributed by atoms with van der Waals surface area (Å²) < 4.78 is 33.1. The molecule has 0 aromatic heterocycles. The molecule has 0 amide bonds. The van der Waals surface area contributed by atoms with Crippen LogP contribution in [-0.4, -0.2) is 94.4 Å². The second-order valence-electron chi connectivity index (χ2n) is 14.1. The Morgan fingerprint density at radius 2 is 0.824 bits per heavy atom. The van der Waals surface area contributed by atoms with Crippen LogP contribution in [0.5, 0.6) is 23.0 Å². The summed E-state index contributed by atoms with van der Waals surface area (Å²) in [5.74, 6) is 1.59. The van der Waals surface area contributed by atoms with Crippen LogP contribution in [0.3, 0.4) is 0 Å². The molecule has 0 aliphatic carbocycles. The standard InChI is InChI=1S/2C19H22NO3.H3O4P/c2*1-20(2,3)12-13-22-19(21)18-14-8-4-6-10-16(14)23-17-11-7-5-9-15(17)18;1-5(2,3)4/h2*4-11,18H,12-13H2,1-3H3;(H3,1,2,3,4)/q2*+1;/p-2. The highest BCUT2D eigenvalue weighted by molar-refractivity contribution is 7.42. The summed E-state index contributed by atoms with van der Waals surface area (Å²) in [7, 11) is 7.32. The monoisotopic (exact) mass is 720 g/mol. The molecule has 13 heteroatoms. The highest BCUT2D eigenvalue weighted by atomic mass is 31.2. The quantitative estimate of drug-likeness (QED) is 0.160. The second kappa shape index (κ2) is 16.6. The zero-order chi connectivity index (χ0) is 37.4. The zero-order valence-corrected chi connectivity index (χ0v) is 30.6. The Bertz CT molecular complexity index is 1640. The summed E-state index contributed by atoms with van der Waals surface area (Å²) in [5, 5.41) is 0. The van der Waals surface area contributed by atoms with Crippen molar-refractivity contribution in [2.24, 2.45) is 0 Å². The first-order chi connectivity index (χ1) is 23.9. The third-order valence-electron chi connectivity index (χ3n) is 7.84. The van der Waals surface area contributed by atoms with Crippen molar-refractivity contribution in [3.05, 3.63) is 119 Å². The summed E-state index contributed by atoms with van der Waals surface area (Å²) in [6.45, 7) is 2.37. The van der Waals surface area contributed by atoms with Crippen LogP contribution in [0.1, 0.15) is 34.1 Å². The van der Waals surface area contributed by atoms with Crippen LogP contribution in [0.2, 0.25) is 0 Å². The van der Waals surface area contributed by atoms with Gasteiger partial charge in [-0.1, -0.05) is 72.8 Å². The predicted octanol–water partition coefficient (Wildman–Crippen LogP) is 4.15. The molecule has 51 heavy (non-hydrogen) atoms. The van der Waals surface area contributed by atoms with Gasteiger partial charge in [0.15, 0.2) is 0 Å². The summed E-state index contributed by atoms with van der Waals surface area (Å²) in [4.78, 5) is 49.7. The van der Waals surface area contributed by atoms with Crippen molar-refractivity contribution >= 4 is 19.8 Å². The molecule has 0 radical (unpaired) electrons. The number of nitrogens with zero attached hydrogens (tertiary/aromatic N) is 2. The number of rotatable bonds is 8. The molecule has 0 atom stereocenters. The lowest BCUT2D eigenvalue weighted by atomic mass is 9.88. The fourth-order valence-electron chi connectivity index (χ4n) is 5.33. The molecule has 1 N–H and O–H groups in total. The Kier molecular flexibility index (Phi) is 12.8. The second-order valence-corrected chi connectivity index (χ2v) is 15.0. The van der Waals surface area contributed by atoms with E-state index in [9.17, 15) is 9.59 Å². The SMILES string of the molecule is C[N+](C)(C)CCOC(=O)C1c2ccccc2Oc2ccccc21.C[N+](C)(C)CCOC(=O)C1c2ccccc2Oc2ccccc21.O=P([O-])([O-])O. The maximum absolute atomic E-state index is 12.7. The minimum Gasteiger partial charge on any atom is -0.790 e. The number of esters is 2. The van der Waals surface area contributed by atoms with Gasteiger partial charge in [0, 0.05) is 22.3 Å². The van der Waals surface area contributed by atoms with Gasteiger partial charge in [-0.25, -0.2) is 0 Å². The lowest BCUT2D eigenvalue weighted by Crippen LogP contribution is -2.38. The molecule has 272 valence electrons. The molecule has 6 rings (SSSR count). The van der Waals surface area contributed by atoms with Gasteiger partial charge in [0.25, 0.3) is 0 Å². The fourth-order valence-corrected chi connectivity index (χ4v) is 5.33. The van der Waals surface area contributed by atoms with E-state index in [1.165, 1.54) is 0 Å². The van der Waals surface area contributed by atoms with Gasteiger partial charge in [0.1, 0.15) is 61.1 Å². The third-order valence-corrected chi connectivity index (χ3v) is 7.84. The van der Waals surface area contributed by atoms with Gasteiger partial charge < -0.3 is 47.2 Å². The molecule has 0 saturated carbocycles. The van der Waals surface area contributed by atoms with Crippen LogP contribution < -0.4 is 19.3 Å². The number of phosphoric acid groups is 1. The van der Waals surface area contributed by atoms with Gasteiger partial charge in [-0.05, 0) is 24.3 Å². The van der Waals surface area contributed by atoms with E-state index in [0.717, 1.165) is 67.3 Å². The number of hydrogen-bond donors (Lipinski definition) is 1. The molecule has 2 aliphatic heterocycles. The number of carbonyl (C=O) groups excluding carboxylic acids is 2. The molecule has 0 bridgehead atoms. The lowest BCUT2D eigenvalue weighted by Gasteiger charge is -2.28. The zero-order valence-electron chi connectivity index (χ0n) is 29.7. The number of likely N-dealkylation sites (N-methyl/N-ethyl adjacent to an activating group) is 2. The van der Waals surface area contributed by atoms with E-state index in [1.54, 1.807) is 0 Å². The smallest absolute Gasteiger partial charge is 0.318 e. The van der Waals surface area contributed by atoms with Gasteiger partial charge in [-0.2, -0.15) is 0 Å². The van der Waals surface area contributed by atoms with Crippen LogP contribution in [0.25, 0.3) is 0 Å². The van der Waals surface area contributed by atoms with Gasteiger partial charge >= 0.3 is 11.9 Å². The van der Waals surface area contributed by atoms with Gasteiger partial charge in [-0.3, -0.25) is 9.59 Å². The average molecular weight is 721 g/mol. The van der Waals surface area contributed by atoms with E-state index in [2.05, 4.69) is 42.3 Å². The van der Waals surface area contributed by atoms with Gasteiger partial charge in [-0.15, -0.1) is 0 Å². The molecular weight excluding hydrogens is 675 g/mol. The maximum Gasteiger partial charge on any atom is 0.318 e. The third kappa shape index (κ3) is 11.8. The van der Waals surface area contributed by atoms with Crippen LogP contribution in [0, 0.1) is 0 Å². The normalized spacial score (nSPS) is 13.5. The van der Waals surface area contributed by atoms with Crippen LogP contribution in [0.4, 0.5) is 0 Å². The average Bonchev–Trinajstić information content (AvgIpc) is 3.04. The molecule has 4 aromatic rings. The number of hydrogen-bond acceptors (Lipinski definition) is 9. The minimum absolute atomic E-state index is 0.221. The predicted molar refractivity (Wildman–Crippen MR) is 187 cm³/mol. The topological polar surface area (TPSA) is 154 Å². The van der Waals surface area contributed by atoms with E-state index in [0.29, 0.717) is 13.2 Å². The van der Waals surface area contributed by atoms with Crippen molar-refractivity contribution in [3.8, 4) is 23.0 Å². The van der Waals surface area contributed by atoms with Crippen molar-refractivity contribution in [1.29, 1.82) is 0 Å². The lowest BCUT2D eigenvalue weighted by molar-refractivity contribution is -0.870.